The molecule has 0 amide bonds. The van der Waals surface area contributed by atoms with Gasteiger partial charge in [-0.2, -0.15) is 5.10 Å². The maximum absolute atomic E-state index is 5.77. The molecule has 102 valence electrons. The van der Waals surface area contributed by atoms with Gasteiger partial charge in [0.05, 0.1) is 23.5 Å². The molecular weight excluding hydrogens is 250 g/mol. The summed E-state index contributed by atoms with van der Waals surface area (Å²) in [6.45, 7) is 11.0. The smallest absolute Gasteiger partial charge is 0.186 e. The maximum atomic E-state index is 5.77. The molecule has 0 N–H and O–H groups in total. The molecule has 1 atom stereocenters. The quantitative estimate of drug-likeness (QED) is 0.789. The molecule has 1 aromatic heterocycles. The monoisotopic (exact) mass is 271 g/mol. The van der Waals surface area contributed by atoms with Gasteiger partial charge in [0, 0.05) is 0 Å². The van der Waals surface area contributed by atoms with Crippen LogP contribution in [0.3, 0.4) is 0 Å². The first-order valence-corrected chi connectivity index (χ1v) is 7.09. The Hall–Kier alpha value is -0.590. The van der Waals surface area contributed by atoms with Gasteiger partial charge in [0.1, 0.15) is 6.33 Å². The highest BCUT2D eigenvalue weighted by molar-refractivity contribution is 7.99. The SMILES string of the molecule is CC1(C)COC(CSc2ncnn2C(C)(C)C)O1. The molecule has 1 aliphatic heterocycles. The summed E-state index contributed by atoms with van der Waals surface area (Å²) < 4.78 is 13.3. The molecule has 1 aliphatic rings. The van der Waals surface area contributed by atoms with Crippen molar-refractivity contribution in [1.82, 2.24) is 14.8 Å². The third-order valence-corrected chi connectivity index (χ3v) is 3.54. The Morgan fingerprint density at radius 3 is 2.78 bits per heavy atom. The Labute approximate surface area is 112 Å². The van der Waals surface area contributed by atoms with E-state index in [0.29, 0.717) is 6.61 Å². The number of aromatic nitrogens is 3. The summed E-state index contributed by atoms with van der Waals surface area (Å²) in [5.41, 5.74) is -0.238. The van der Waals surface area contributed by atoms with Crippen molar-refractivity contribution in [3.05, 3.63) is 6.33 Å². The molecule has 5 nitrogen and oxygen atoms in total. The number of hydrogen-bond acceptors (Lipinski definition) is 5. The van der Waals surface area contributed by atoms with Crippen LogP contribution >= 0.6 is 11.8 Å². The standard InChI is InChI=1S/C12H21N3O2S/c1-11(2,3)15-10(13-8-14-15)18-6-9-16-7-12(4,5)17-9/h8-9H,6-7H2,1-5H3. The minimum atomic E-state index is -0.178. The van der Waals surface area contributed by atoms with Gasteiger partial charge in [-0.05, 0) is 34.6 Å². The average molecular weight is 271 g/mol. The number of rotatable bonds is 3. The molecule has 1 saturated heterocycles. The first-order chi connectivity index (χ1) is 8.28. The first kappa shape index (κ1) is 13.8. The molecule has 0 spiro atoms. The van der Waals surface area contributed by atoms with Gasteiger partial charge in [-0.3, -0.25) is 0 Å². The third-order valence-electron chi connectivity index (χ3n) is 2.57. The van der Waals surface area contributed by atoms with Crippen molar-refractivity contribution in [2.75, 3.05) is 12.4 Å². The summed E-state index contributed by atoms with van der Waals surface area (Å²) in [6, 6.07) is 0. The zero-order valence-electron chi connectivity index (χ0n) is 11.6. The molecule has 2 rings (SSSR count). The Morgan fingerprint density at radius 1 is 1.50 bits per heavy atom. The van der Waals surface area contributed by atoms with Crippen LogP contribution in [0.15, 0.2) is 11.5 Å². The highest BCUT2D eigenvalue weighted by atomic mass is 32.2. The second-order valence-electron chi connectivity index (χ2n) is 6.05. The largest absolute Gasteiger partial charge is 0.349 e. The van der Waals surface area contributed by atoms with E-state index in [-0.39, 0.29) is 17.4 Å². The van der Waals surface area contributed by atoms with E-state index in [4.69, 9.17) is 9.47 Å². The fourth-order valence-corrected chi connectivity index (χ4v) is 2.75. The van der Waals surface area contributed by atoms with Gasteiger partial charge in [-0.1, -0.05) is 11.8 Å². The second kappa shape index (κ2) is 4.83. The summed E-state index contributed by atoms with van der Waals surface area (Å²) in [5, 5.41) is 5.17. The summed E-state index contributed by atoms with van der Waals surface area (Å²) in [4.78, 5) is 4.28. The molecule has 0 bridgehead atoms. The summed E-state index contributed by atoms with van der Waals surface area (Å²) in [5.74, 6) is 0.734. The van der Waals surface area contributed by atoms with Crippen molar-refractivity contribution in [3.8, 4) is 0 Å². The molecule has 6 heteroatoms. The zero-order chi connectivity index (χ0) is 13.4. The van der Waals surface area contributed by atoms with Gasteiger partial charge in [-0.25, -0.2) is 9.67 Å². The topological polar surface area (TPSA) is 49.2 Å². The molecule has 18 heavy (non-hydrogen) atoms. The number of nitrogens with zero attached hydrogens (tertiary/aromatic N) is 3. The van der Waals surface area contributed by atoms with Crippen LogP contribution in [-0.2, 0) is 15.0 Å². The predicted molar refractivity (Wildman–Crippen MR) is 70.6 cm³/mol. The Kier molecular flexibility index (Phi) is 3.71. The second-order valence-corrected chi connectivity index (χ2v) is 7.04. The van der Waals surface area contributed by atoms with Crippen molar-refractivity contribution in [2.24, 2.45) is 0 Å². The van der Waals surface area contributed by atoms with Crippen LogP contribution in [0.4, 0.5) is 0 Å². The molecule has 1 aromatic rings. The van der Waals surface area contributed by atoms with Crippen molar-refractivity contribution in [2.45, 2.75) is 57.2 Å². The lowest BCUT2D eigenvalue weighted by Crippen LogP contribution is -2.25. The average Bonchev–Trinajstić information content (AvgIpc) is 2.80. The molecule has 1 fully saturated rings. The lowest BCUT2D eigenvalue weighted by molar-refractivity contribution is -0.0611. The van der Waals surface area contributed by atoms with E-state index in [1.165, 1.54) is 0 Å². The minimum absolute atomic E-state index is 0.0600. The Balaban J connectivity index is 1.94. The minimum Gasteiger partial charge on any atom is -0.349 e. The molecule has 0 saturated carbocycles. The van der Waals surface area contributed by atoms with Gasteiger partial charge in [0.2, 0.25) is 0 Å². The van der Waals surface area contributed by atoms with Crippen molar-refractivity contribution in [1.29, 1.82) is 0 Å². The molecule has 0 aliphatic carbocycles. The van der Waals surface area contributed by atoms with E-state index >= 15 is 0 Å². The van der Waals surface area contributed by atoms with Crippen molar-refractivity contribution >= 4 is 11.8 Å². The van der Waals surface area contributed by atoms with Crippen LogP contribution in [0.25, 0.3) is 0 Å². The van der Waals surface area contributed by atoms with Gasteiger partial charge in [0.25, 0.3) is 0 Å². The predicted octanol–water partition coefficient (Wildman–Crippen LogP) is 2.28. The fourth-order valence-electron chi connectivity index (χ4n) is 1.73. The normalized spacial score (nSPS) is 23.5. The molecule has 2 heterocycles. The summed E-state index contributed by atoms with van der Waals surface area (Å²) >= 11 is 1.62. The molecule has 0 radical (unpaired) electrons. The lowest BCUT2D eigenvalue weighted by Gasteiger charge is -2.21. The van der Waals surface area contributed by atoms with E-state index in [9.17, 15) is 0 Å². The van der Waals surface area contributed by atoms with Crippen molar-refractivity contribution < 1.29 is 9.47 Å². The van der Waals surface area contributed by atoms with Crippen LogP contribution in [0.5, 0.6) is 0 Å². The van der Waals surface area contributed by atoms with Gasteiger partial charge in [0.15, 0.2) is 11.4 Å². The van der Waals surface area contributed by atoms with Crippen LogP contribution in [0.2, 0.25) is 0 Å². The maximum Gasteiger partial charge on any atom is 0.186 e. The van der Waals surface area contributed by atoms with E-state index in [1.54, 1.807) is 18.1 Å². The molecule has 0 aromatic carbocycles. The van der Waals surface area contributed by atoms with Crippen LogP contribution in [-0.4, -0.2) is 39.0 Å². The third kappa shape index (κ3) is 3.24. The van der Waals surface area contributed by atoms with Crippen LogP contribution in [0, 0.1) is 0 Å². The Bertz CT molecular complexity index is 412. The molecule has 1 unspecified atom stereocenters. The van der Waals surface area contributed by atoms with E-state index < -0.39 is 0 Å². The number of hydrogen-bond donors (Lipinski definition) is 0. The Morgan fingerprint density at radius 2 is 2.22 bits per heavy atom. The summed E-state index contributed by atoms with van der Waals surface area (Å²) in [6.07, 6.45) is 1.43. The van der Waals surface area contributed by atoms with Gasteiger partial charge < -0.3 is 9.47 Å². The fraction of sp³-hybridized carbons (Fsp3) is 0.833. The zero-order valence-corrected chi connectivity index (χ0v) is 12.5. The van der Waals surface area contributed by atoms with Gasteiger partial charge >= 0.3 is 0 Å². The van der Waals surface area contributed by atoms with Crippen LogP contribution < -0.4 is 0 Å². The van der Waals surface area contributed by atoms with Crippen LogP contribution in [0.1, 0.15) is 34.6 Å². The summed E-state index contributed by atoms with van der Waals surface area (Å²) in [7, 11) is 0. The van der Waals surface area contributed by atoms with E-state index in [1.807, 2.05) is 18.5 Å². The van der Waals surface area contributed by atoms with Crippen molar-refractivity contribution in [3.63, 3.8) is 0 Å². The highest BCUT2D eigenvalue weighted by Gasteiger charge is 2.33. The number of ether oxygens (including phenoxy) is 2. The van der Waals surface area contributed by atoms with E-state index in [2.05, 4.69) is 30.9 Å². The highest BCUT2D eigenvalue weighted by Crippen LogP contribution is 2.28. The van der Waals surface area contributed by atoms with E-state index in [0.717, 1.165) is 10.9 Å². The lowest BCUT2D eigenvalue weighted by atomic mass is 10.1. The number of thioether (sulfide) groups is 1. The van der Waals surface area contributed by atoms with Gasteiger partial charge in [-0.15, -0.1) is 0 Å². The first-order valence-electron chi connectivity index (χ1n) is 6.11. The molecular formula is C12H21N3O2S.